The predicted molar refractivity (Wildman–Crippen MR) is 62.6 cm³/mol. The van der Waals surface area contributed by atoms with Crippen molar-refractivity contribution in [2.24, 2.45) is 0 Å². The molecule has 0 aliphatic carbocycles. The van der Waals surface area contributed by atoms with Gasteiger partial charge in [0.1, 0.15) is 0 Å². The molecule has 1 unspecified atom stereocenters. The van der Waals surface area contributed by atoms with E-state index in [4.69, 9.17) is 23.2 Å². The Labute approximate surface area is 103 Å². The largest absolute Gasteiger partial charge is 0.224 e. The SMILES string of the molecule is CC(Cl)c1nnnn1Cc1ccc(Cl)cc1. The van der Waals surface area contributed by atoms with Crippen molar-refractivity contribution in [1.29, 1.82) is 0 Å². The van der Waals surface area contributed by atoms with Crippen molar-refractivity contribution >= 4 is 23.2 Å². The maximum absolute atomic E-state index is 5.96. The van der Waals surface area contributed by atoms with E-state index in [1.807, 2.05) is 31.2 Å². The second kappa shape index (κ2) is 4.80. The second-order valence-corrected chi connectivity index (χ2v) is 4.53. The van der Waals surface area contributed by atoms with Crippen LogP contribution in [0.2, 0.25) is 5.02 Å². The molecule has 0 saturated carbocycles. The smallest absolute Gasteiger partial charge is 0.169 e. The topological polar surface area (TPSA) is 43.6 Å². The van der Waals surface area contributed by atoms with Crippen LogP contribution in [0.1, 0.15) is 23.7 Å². The molecule has 0 saturated heterocycles. The molecule has 0 N–H and O–H groups in total. The van der Waals surface area contributed by atoms with Crippen LogP contribution in [0.15, 0.2) is 24.3 Å². The van der Waals surface area contributed by atoms with Crippen molar-refractivity contribution in [3.63, 3.8) is 0 Å². The molecule has 0 aliphatic rings. The summed E-state index contributed by atoms with van der Waals surface area (Å²) in [6.07, 6.45) is 0. The average Bonchev–Trinajstić information content (AvgIpc) is 2.69. The molecule has 0 fully saturated rings. The molecule has 4 nitrogen and oxygen atoms in total. The lowest BCUT2D eigenvalue weighted by Gasteiger charge is -2.05. The highest BCUT2D eigenvalue weighted by Crippen LogP contribution is 2.17. The van der Waals surface area contributed by atoms with E-state index in [9.17, 15) is 0 Å². The molecule has 2 aromatic rings. The van der Waals surface area contributed by atoms with Gasteiger partial charge in [0.2, 0.25) is 0 Å². The Balaban J connectivity index is 2.20. The van der Waals surface area contributed by atoms with E-state index in [0.717, 1.165) is 5.56 Å². The highest BCUT2D eigenvalue weighted by Gasteiger charge is 2.11. The number of alkyl halides is 1. The summed E-state index contributed by atoms with van der Waals surface area (Å²) >= 11 is 11.8. The molecule has 0 bridgehead atoms. The zero-order chi connectivity index (χ0) is 11.5. The molecule has 1 atom stereocenters. The van der Waals surface area contributed by atoms with Gasteiger partial charge in [-0.25, -0.2) is 4.68 Å². The van der Waals surface area contributed by atoms with Crippen molar-refractivity contribution in [3.8, 4) is 0 Å². The Hall–Kier alpha value is -1.13. The average molecular weight is 257 g/mol. The molecular weight excluding hydrogens is 247 g/mol. The molecule has 1 heterocycles. The Morgan fingerprint density at radius 2 is 2.00 bits per heavy atom. The quantitative estimate of drug-likeness (QED) is 0.794. The highest BCUT2D eigenvalue weighted by atomic mass is 35.5. The number of benzene rings is 1. The van der Waals surface area contributed by atoms with E-state index in [1.165, 1.54) is 0 Å². The van der Waals surface area contributed by atoms with Crippen LogP contribution in [0, 0.1) is 0 Å². The molecule has 1 aromatic heterocycles. The number of aromatic nitrogens is 4. The van der Waals surface area contributed by atoms with Crippen molar-refractivity contribution in [1.82, 2.24) is 20.2 Å². The summed E-state index contributed by atoms with van der Waals surface area (Å²) in [5, 5.41) is 11.9. The van der Waals surface area contributed by atoms with Gasteiger partial charge in [-0.05, 0) is 35.0 Å². The van der Waals surface area contributed by atoms with Crippen LogP contribution in [0.3, 0.4) is 0 Å². The number of tetrazole rings is 1. The monoisotopic (exact) mass is 256 g/mol. The molecule has 0 aliphatic heterocycles. The zero-order valence-electron chi connectivity index (χ0n) is 8.64. The van der Waals surface area contributed by atoms with Gasteiger partial charge in [-0.1, -0.05) is 23.7 Å². The third kappa shape index (κ3) is 2.51. The first kappa shape index (κ1) is 11.4. The first-order chi connectivity index (χ1) is 7.66. The number of rotatable bonds is 3. The van der Waals surface area contributed by atoms with Crippen LogP contribution in [0.25, 0.3) is 0 Å². The Kier molecular flexibility index (Phi) is 3.41. The number of hydrogen-bond acceptors (Lipinski definition) is 3. The fraction of sp³-hybridized carbons (Fsp3) is 0.300. The van der Waals surface area contributed by atoms with Crippen LogP contribution < -0.4 is 0 Å². The Morgan fingerprint density at radius 3 is 2.62 bits per heavy atom. The summed E-state index contributed by atoms with van der Waals surface area (Å²) in [6, 6.07) is 7.55. The standard InChI is InChI=1S/C10H10Cl2N4/c1-7(11)10-13-14-15-16(10)6-8-2-4-9(12)5-3-8/h2-5,7H,6H2,1H3. The van der Waals surface area contributed by atoms with Crippen LogP contribution in [-0.4, -0.2) is 20.2 Å². The van der Waals surface area contributed by atoms with Crippen molar-refractivity contribution in [2.45, 2.75) is 18.8 Å². The summed E-state index contributed by atoms with van der Waals surface area (Å²) in [6.45, 7) is 2.43. The summed E-state index contributed by atoms with van der Waals surface area (Å²) in [5.41, 5.74) is 1.08. The van der Waals surface area contributed by atoms with E-state index in [0.29, 0.717) is 17.4 Å². The van der Waals surface area contributed by atoms with Gasteiger partial charge in [-0.15, -0.1) is 16.7 Å². The normalized spacial score (nSPS) is 12.7. The van der Waals surface area contributed by atoms with E-state index >= 15 is 0 Å². The lowest BCUT2D eigenvalue weighted by atomic mass is 10.2. The molecular formula is C10H10Cl2N4. The molecule has 0 amide bonds. The fourth-order valence-electron chi connectivity index (χ4n) is 1.37. The van der Waals surface area contributed by atoms with Gasteiger partial charge in [0.15, 0.2) is 5.82 Å². The minimum Gasteiger partial charge on any atom is -0.224 e. The minimum absolute atomic E-state index is 0.206. The first-order valence-corrected chi connectivity index (χ1v) is 5.63. The van der Waals surface area contributed by atoms with Crippen molar-refractivity contribution in [2.75, 3.05) is 0 Å². The predicted octanol–water partition coefficient (Wildman–Crippen LogP) is 2.67. The van der Waals surface area contributed by atoms with Crippen LogP contribution in [0.4, 0.5) is 0 Å². The van der Waals surface area contributed by atoms with E-state index in [1.54, 1.807) is 4.68 Å². The highest BCUT2D eigenvalue weighted by molar-refractivity contribution is 6.30. The van der Waals surface area contributed by atoms with E-state index in [-0.39, 0.29) is 5.38 Å². The zero-order valence-corrected chi connectivity index (χ0v) is 10.2. The van der Waals surface area contributed by atoms with Gasteiger partial charge in [0.25, 0.3) is 0 Å². The van der Waals surface area contributed by atoms with Crippen LogP contribution in [-0.2, 0) is 6.54 Å². The third-order valence-electron chi connectivity index (χ3n) is 2.16. The molecule has 0 spiro atoms. The van der Waals surface area contributed by atoms with Crippen molar-refractivity contribution in [3.05, 3.63) is 40.7 Å². The summed E-state index contributed by atoms with van der Waals surface area (Å²) in [4.78, 5) is 0. The lowest BCUT2D eigenvalue weighted by Crippen LogP contribution is -2.07. The number of hydrogen-bond donors (Lipinski definition) is 0. The summed E-state index contributed by atoms with van der Waals surface area (Å²) in [5.74, 6) is 0.664. The molecule has 0 radical (unpaired) electrons. The third-order valence-corrected chi connectivity index (χ3v) is 2.61. The molecule has 6 heteroatoms. The van der Waals surface area contributed by atoms with Crippen LogP contribution in [0.5, 0.6) is 0 Å². The maximum atomic E-state index is 5.96. The van der Waals surface area contributed by atoms with Gasteiger partial charge in [0, 0.05) is 5.02 Å². The molecule has 84 valence electrons. The van der Waals surface area contributed by atoms with E-state index in [2.05, 4.69) is 15.5 Å². The molecule has 2 rings (SSSR count). The van der Waals surface area contributed by atoms with Gasteiger partial charge in [-0.2, -0.15) is 0 Å². The number of halogens is 2. The maximum Gasteiger partial charge on any atom is 0.169 e. The fourth-order valence-corrected chi connectivity index (χ4v) is 1.65. The Morgan fingerprint density at radius 1 is 1.31 bits per heavy atom. The van der Waals surface area contributed by atoms with Gasteiger partial charge in [-0.3, -0.25) is 0 Å². The Bertz CT molecular complexity index is 464. The minimum atomic E-state index is -0.206. The summed E-state index contributed by atoms with van der Waals surface area (Å²) < 4.78 is 1.68. The van der Waals surface area contributed by atoms with E-state index < -0.39 is 0 Å². The van der Waals surface area contributed by atoms with Gasteiger partial charge < -0.3 is 0 Å². The number of nitrogens with zero attached hydrogens (tertiary/aromatic N) is 4. The van der Waals surface area contributed by atoms with Crippen LogP contribution >= 0.6 is 23.2 Å². The first-order valence-electron chi connectivity index (χ1n) is 4.81. The van der Waals surface area contributed by atoms with Crippen molar-refractivity contribution < 1.29 is 0 Å². The van der Waals surface area contributed by atoms with Gasteiger partial charge >= 0.3 is 0 Å². The molecule has 16 heavy (non-hydrogen) atoms. The summed E-state index contributed by atoms with van der Waals surface area (Å²) in [7, 11) is 0. The lowest BCUT2D eigenvalue weighted by molar-refractivity contribution is 0.618. The second-order valence-electron chi connectivity index (χ2n) is 3.44. The van der Waals surface area contributed by atoms with Gasteiger partial charge in [0.05, 0.1) is 11.9 Å². The molecule has 1 aromatic carbocycles.